The first kappa shape index (κ1) is 8.40. The Balaban J connectivity index is 2.39. The molecular weight excluding hydrogens is 140 g/mol. The Morgan fingerprint density at radius 3 is 3.00 bits per heavy atom. The second-order valence-electron chi connectivity index (χ2n) is 2.99. The fraction of sp³-hybridized carbons (Fsp3) is 0.750. The maximum absolute atomic E-state index is 9.09. The molecule has 0 aromatic carbocycles. The van der Waals surface area contributed by atoms with Gasteiger partial charge in [-0.15, -0.1) is 0 Å². The summed E-state index contributed by atoms with van der Waals surface area (Å²) in [6, 6.07) is 0.507. The van der Waals surface area contributed by atoms with Gasteiger partial charge in [0, 0.05) is 19.1 Å². The van der Waals surface area contributed by atoms with E-state index >= 15 is 0 Å². The predicted molar refractivity (Wildman–Crippen MR) is 45.4 cm³/mol. The second-order valence-corrected chi connectivity index (χ2v) is 2.99. The number of hydrogen-bond donors (Lipinski definition) is 2. The molecule has 1 unspecified atom stereocenters. The first-order chi connectivity index (χ1) is 5.24. The smallest absolute Gasteiger partial charge is 0.179 e. The summed E-state index contributed by atoms with van der Waals surface area (Å²) in [6.45, 7) is 5.32. The quantitative estimate of drug-likeness (QED) is 0.578. The summed E-state index contributed by atoms with van der Waals surface area (Å²) in [6.07, 6.45) is 2.32. The normalized spacial score (nSPS) is 25.2. The van der Waals surface area contributed by atoms with Crippen LogP contribution in [0.3, 0.4) is 0 Å². The molecule has 1 rings (SSSR count). The van der Waals surface area contributed by atoms with Crippen molar-refractivity contribution in [2.45, 2.75) is 18.9 Å². The molecule has 2 N–H and O–H groups in total. The summed E-state index contributed by atoms with van der Waals surface area (Å²) in [4.78, 5) is 1.91. The van der Waals surface area contributed by atoms with Gasteiger partial charge in [0.2, 0.25) is 0 Å². The average Bonchev–Trinajstić information content (AvgIpc) is 2.05. The molecule has 1 atom stereocenters. The minimum atomic E-state index is 0.199. The highest BCUT2D eigenvalue weighted by Gasteiger charge is 2.18. The Bertz CT molecular complexity index is 147. The van der Waals surface area contributed by atoms with E-state index in [9.17, 15) is 0 Å². The lowest BCUT2D eigenvalue weighted by Gasteiger charge is -2.32. The van der Waals surface area contributed by atoms with Crippen molar-refractivity contribution in [2.24, 2.45) is 0 Å². The van der Waals surface area contributed by atoms with Gasteiger partial charge >= 0.3 is 0 Å². The molecule has 11 heavy (non-hydrogen) atoms. The van der Waals surface area contributed by atoms with Gasteiger partial charge in [0.15, 0.2) is 5.88 Å². The number of nitrogens with one attached hydrogen (secondary N) is 1. The Hall–Kier alpha value is -0.700. The SMILES string of the molecule is C=C(O)N1CCCC(NC)C1. The summed E-state index contributed by atoms with van der Waals surface area (Å²) >= 11 is 0. The monoisotopic (exact) mass is 156 g/mol. The highest BCUT2D eigenvalue weighted by Crippen LogP contribution is 2.11. The molecule has 0 saturated carbocycles. The largest absolute Gasteiger partial charge is 0.495 e. The first-order valence-electron chi connectivity index (χ1n) is 4.04. The van der Waals surface area contributed by atoms with Gasteiger partial charge in [-0.1, -0.05) is 0 Å². The average molecular weight is 156 g/mol. The zero-order valence-corrected chi connectivity index (χ0v) is 7.01. The summed E-state index contributed by atoms with van der Waals surface area (Å²) in [5.74, 6) is 0.199. The van der Waals surface area contributed by atoms with Crippen LogP contribution in [0.5, 0.6) is 0 Å². The molecular formula is C8H16N2O. The zero-order chi connectivity index (χ0) is 8.27. The molecule has 0 aromatic heterocycles. The molecule has 1 fully saturated rings. The highest BCUT2D eigenvalue weighted by molar-refractivity contribution is 4.87. The van der Waals surface area contributed by atoms with Gasteiger partial charge in [0.05, 0.1) is 0 Å². The third-order valence-corrected chi connectivity index (χ3v) is 2.19. The summed E-state index contributed by atoms with van der Waals surface area (Å²) in [5, 5.41) is 12.3. The lowest BCUT2D eigenvalue weighted by molar-refractivity contribution is 0.156. The van der Waals surface area contributed by atoms with Gasteiger partial charge in [-0.3, -0.25) is 0 Å². The van der Waals surface area contributed by atoms with E-state index < -0.39 is 0 Å². The van der Waals surface area contributed by atoms with E-state index in [1.807, 2.05) is 11.9 Å². The number of aliphatic hydroxyl groups is 1. The van der Waals surface area contributed by atoms with Gasteiger partial charge in [0.1, 0.15) is 0 Å². The van der Waals surface area contributed by atoms with Crippen molar-refractivity contribution in [3.63, 3.8) is 0 Å². The fourth-order valence-electron chi connectivity index (χ4n) is 1.45. The van der Waals surface area contributed by atoms with Crippen molar-refractivity contribution in [1.82, 2.24) is 10.2 Å². The molecule has 0 bridgehead atoms. The zero-order valence-electron chi connectivity index (χ0n) is 7.01. The van der Waals surface area contributed by atoms with Gasteiger partial charge in [0.25, 0.3) is 0 Å². The lowest BCUT2D eigenvalue weighted by Crippen LogP contribution is -2.43. The van der Waals surface area contributed by atoms with Crippen molar-refractivity contribution in [2.75, 3.05) is 20.1 Å². The van der Waals surface area contributed by atoms with E-state index in [0.29, 0.717) is 6.04 Å². The number of rotatable bonds is 2. The first-order valence-corrected chi connectivity index (χ1v) is 4.04. The van der Waals surface area contributed by atoms with Gasteiger partial charge < -0.3 is 15.3 Å². The van der Waals surface area contributed by atoms with Crippen LogP contribution in [0.25, 0.3) is 0 Å². The Labute approximate surface area is 67.7 Å². The second kappa shape index (κ2) is 3.62. The van der Waals surface area contributed by atoms with Crippen molar-refractivity contribution in [1.29, 1.82) is 0 Å². The van der Waals surface area contributed by atoms with E-state index in [4.69, 9.17) is 5.11 Å². The van der Waals surface area contributed by atoms with Crippen LogP contribution in [-0.2, 0) is 0 Å². The minimum Gasteiger partial charge on any atom is -0.495 e. The van der Waals surface area contributed by atoms with Crippen LogP contribution in [0.4, 0.5) is 0 Å². The van der Waals surface area contributed by atoms with Crippen LogP contribution >= 0.6 is 0 Å². The van der Waals surface area contributed by atoms with E-state index in [-0.39, 0.29) is 5.88 Å². The van der Waals surface area contributed by atoms with Crippen molar-refractivity contribution >= 4 is 0 Å². The summed E-state index contributed by atoms with van der Waals surface area (Å²) in [7, 11) is 1.95. The molecule has 1 saturated heterocycles. The molecule has 0 amide bonds. The maximum Gasteiger partial charge on any atom is 0.179 e. The molecule has 1 heterocycles. The molecule has 3 nitrogen and oxygen atoms in total. The Kier molecular flexibility index (Phi) is 2.76. The van der Waals surface area contributed by atoms with Gasteiger partial charge in [-0.05, 0) is 26.5 Å². The summed E-state index contributed by atoms with van der Waals surface area (Å²) < 4.78 is 0. The van der Waals surface area contributed by atoms with Crippen molar-refractivity contribution in [3.05, 3.63) is 12.5 Å². The highest BCUT2D eigenvalue weighted by atomic mass is 16.3. The fourth-order valence-corrected chi connectivity index (χ4v) is 1.45. The third-order valence-electron chi connectivity index (χ3n) is 2.19. The Morgan fingerprint density at radius 1 is 1.73 bits per heavy atom. The van der Waals surface area contributed by atoms with Crippen LogP contribution in [0, 0.1) is 0 Å². The number of aliphatic hydroxyl groups excluding tert-OH is 1. The molecule has 3 heteroatoms. The number of likely N-dealkylation sites (N-methyl/N-ethyl adjacent to an activating group) is 1. The lowest BCUT2D eigenvalue weighted by atomic mass is 10.1. The molecule has 0 aliphatic carbocycles. The number of nitrogens with zero attached hydrogens (tertiary/aromatic N) is 1. The maximum atomic E-state index is 9.09. The van der Waals surface area contributed by atoms with E-state index in [1.54, 1.807) is 0 Å². The molecule has 1 aliphatic heterocycles. The van der Waals surface area contributed by atoms with Crippen LogP contribution in [0.2, 0.25) is 0 Å². The van der Waals surface area contributed by atoms with Gasteiger partial charge in [-0.25, -0.2) is 0 Å². The van der Waals surface area contributed by atoms with Crippen molar-refractivity contribution in [3.8, 4) is 0 Å². The molecule has 0 aromatic rings. The van der Waals surface area contributed by atoms with Crippen LogP contribution in [-0.4, -0.2) is 36.2 Å². The number of piperidine rings is 1. The van der Waals surface area contributed by atoms with Crippen molar-refractivity contribution < 1.29 is 5.11 Å². The van der Waals surface area contributed by atoms with Gasteiger partial charge in [-0.2, -0.15) is 0 Å². The standard InChI is InChI=1S/C8H16N2O/c1-7(11)10-5-3-4-8(6-10)9-2/h8-9,11H,1,3-6H2,2H3. The van der Waals surface area contributed by atoms with Crippen LogP contribution in [0.1, 0.15) is 12.8 Å². The molecule has 0 radical (unpaired) electrons. The molecule has 64 valence electrons. The topological polar surface area (TPSA) is 35.5 Å². The molecule has 1 aliphatic rings. The van der Waals surface area contributed by atoms with E-state index in [1.165, 1.54) is 6.42 Å². The summed E-state index contributed by atoms with van der Waals surface area (Å²) in [5.41, 5.74) is 0. The number of hydrogen-bond acceptors (Lipinski definition) is 3. The third kappa shape index (κ3) is 2.12. The molecule has 0 spiro atoms. The van der Waals surface area contributed by atoms with Crippen LogP contribution < -0.4 is 5.32 Å². The van der Waals surface area contributed by atoms with Crippen LogP contribution in [0.15, 0.2) is 12.5 Å². The minimum absolute atomic E-state index is 0.199. The van der Waals surface area contributed by atoms with E-state index in [2.05, 4.69) is 11.9 Å². The number of likely N-dealkylation sites (tertiary alicyclic amines) is 1. The Morgan fingerprint density at radius 2 is 2.45 bits per heavy atom. The predicted octanol–water partition coefficient (Wildman–Crippen LogP) is 0.699. The van der Waals surface area contributed by atoms with E-state index in [0.717, 1.165) is 19.5 Å².